The minimum absolute atomic E-state index is 0.430. The number of rotatable bonds is 4. The van der Waals surface area contributed by atoms with E-state index in [1.54, 1.807) is 11.1 Å². The standard InChI is InChI=1S/C22H32N2O/c1-2-4-20-19(3-1)21(23-18-7-13-25-14-8-18)15-22(20)9-11-24(12-10-22)16-17-5-6-17/h1-4,17-18,21,23H,5-16H2/t21-/m1/s1. The van der Waals surface area contributed by atoms with Gasteiger partial charge in [0.05, 0.1) is 0 Å². The second kappa shape index (κ2) is 6.68. The number of ether oxygens (including phenoxy) is 1. The topological polar surface area (TPSA) is 24.5 Å². The van der Waals surface area contributed by atoms with E-state index in [1.807, 2.05) is 0 Å². The smallest absolute Gasteiger partial charge is 0.0480 e. The number of hydrogen-bond donors (Lipinski definition) is 1. The van der Waals surface area contributed by atoms with E-state index < -0.39 is 0 Å². The molecule has 0 amide bonds. The summed E-state index contributed by atoms with van der Waals surface area (Å²) in [7, 11) is 0. The minimum atomic E-state index is 0.430. The van der Waals surface area contributed by atoms with Gasteiger partial charge in [-0.1, -0.05) is 24.3 Å². The fourth-order valence-corrected chi connectivity index (χ4v) is 5.49. The number of fused-ring (bicyclic) bond motifs is 2. The Bertz CT molecular complexity index is 598. The Hall–Kier alpha value is -0.900. The maximum Gasteiger partial charge on any atom is 0.0480 e. The molecule has 2 saturated heterocycles. The second-order valence-electron chi connectivity index (χ2n) is 8.92. The van der Waals surface area contributed by atoms with Crippen molar-refractivity contribution in [3.8, 4) is 0 Å². The summed E-state index contributed by atoms with van der Waals surface area (Å²) in [6.45, 7) is 5.81. The van der Waals surface area contributed by atoms with Gasteiger partial charge in [-0.2, -0.15) is 0 Å². The summed E-state index contributed by atoms with van der Waals surface area (Å²) < 4.78 is 5.55. The fourth-order valence-electron chi connectivity index (χ4n) is 5.49. The zero-order valence-corrected chi connectivity index (χ0v) is 15.4. The molecule has 5 rings (SSSR count). The Balaban J connectivity index is 1.31. The lowest BCUT2D eigenvalue weighted by Gasteiger charge is -2.40. The molecule has 3 nitrogen and oxygen atoms in total. The molecule has 136 valence electrons. The quantitative estimate of drug-likeness (QED) is 0.905. The Morgan fingerprint density at radius 2 is 1.80 bits per heavy atom. The number of piperidine rings is 1. The molecule has 1 spiro atoms. The van der Waals surface area contributed by atoms with Crippen LogP contribution in [0.3, 0.4) is 0 Å². The molecule has 2 aliphatic carbocycles. The van der Waals surface area contributed by atoms with Crippen LogP contribution in [0, 0.1) is 5.92 Å². The van der Waals surface area contributed by atoms with Gasteiger partial charge in [-0.3, -0.25) is 0 Å². The highest BCUT2D eigenvalue weighted by atomic mass is 16.5. The van der Waals surface area contributed by atoms with Crippen LogP contribution in [0.15, 0.2) is 24.3 Å². The Kier molecular flexibility index (Phi) is 4.35. The molecule has 1 N–H and O–H groups in total. The summed E-state index contributed by atoms with van der Waals surface area (Å²) in [5, 5.41) is 4.01. The molecule has 2 heterocycles. The van der Waals surface area contributed by atoms with Crippen LogP contribution >= 0.6 is 0 Å². The van der Waals surface area contributed by atoms with Gasteiger partial charge in [0.15, 0.2) is 0 Å². The molecule has 3 fully saturated rings. The number of nitrogens with zero attached hydrogens (tertiary/aromatic N) is 1. The van der Waals surface area contributed by atoms with Gasteiger partial charge in [-0.25, -0.2) is 0 Å². The molecule has 1 aromatic carbocycles. The first-order valence-electron chi connectivity index (χ1n) is 10.5. The van der Waals surface area contributed by atoms with E-state index >= 15 is 0 Å². The third kappa shape index (κ3) is 3.27. The van der Waals surface area contributed by atoms with Crippen molar-refractivity contribution in [2.24, 2.45) is 5.92 Å². The first-order chi connectivity index (χ1) is 12.3. The lowest BCUT2D eigenvalue weighted by atomic mass is 9.73. The fraction of sp³-hybridized carbons (Fsp3) is 0.727. The van der Waals surface area contributed by atoms with Gasteiger partial charge in [-0.15, -0.1) is 0 Å². The van der Waals surface area contributed by atoms with Gasteiger partial charge >= 0.3 is 0 Å². The minimum Gasteiger partial charge on any atom is -0.381 e. The van der Waals surface area contributed by atoms with Gasteiger partial charge in [-0.05, 0) is 80.5 Å². The average molecular weight is 341 g/mol. The molecule has 25 heavy (non-hydrogen) atoms. The van der Waals surface area contributed by atoms with Crippen LogP contribution in [0.2, 0.25) is 0 Å². The van der Waals surface area contributed by atoms with Crippen molar-refractivity contribution in [3.05, 3.63) is 35.4 Å². The van der Waals surface area contributed by atoms with Gasteiger partial charge in [0.25, 0.3) is 0 Å². The van der Waals surface area contributed by atoms with Crippen molar-refractivity contribution in [2.75, 3.05) is 32.8 Å². The first kappa shape index (κ1) is 16.3. The molecule has 0 radical (unpaired) electrons. The van der Waals surface area contributed by atoms with Crippen molar-refractivity contribution in [3.63, 3.8) is 0 Å². The van der Waals surface area contributed by atoms with Crippen LogP contribution in [-0.2, 0) is 10.2 Å². The van der Waals surface area contributed by atoms with Gasteiger partial charge in [0.2, 0.25) is 0 Å². The Labute approximate surface area is 152 Å². The molecule has 0 unspecified atom stereocenters. The summed E-state index contributed by atoms with van der Waals surface area (Å²) in [6.07, 6.45) is 9.29. The van der Waals surface area contributed by atoms with Crippen molar-refractivity contribution >= 4 is 0 Å². The monoisotopic (exact) mass is 340 g/mol. The molecule has 0 bridgehead atoms. The van der Waals surface area contributed by atoms with E-state index in [9.17, 15) is 0 Å². The summed E-state index contributed by atoms with van der Waals surface area (Å²) in [5.74, 6) is 1.02. The molecule has 1 saturated carbocycles. The highest BCUT2D eigenvalue weighted by molar-refractivity contribution is 5.43. The zero-order chi connectivity index (χ0) is 16.7. The Morgan fingerprint density at radius 3 is 2.56 bits per heavy atom. The highest BCUT2D eigenvalue weighted by Crippen LogP contribution is 2.51. The zero-order valence-electron chi connectivity index (χ0n) is 15.4. The van der Waals surface area contributed by atoms with E-state index in [4.69, 9.17) is 4.74 Å². The molecule has 4 aliphatic rings. The normalized spacial score (nSPS) is 29.8. The highest BCUT2D eigenvalue weighted by Gasteiger charge is 2.45. The summed E-state index contributed by atoms with van der Waals surface area (Å²) >= 11 is 0. The van der Waals surface area contributed by atoms with Gasteiger partial charge in [0.1, 0.15) is 0 Å². The number of hydrogen-bond acceptors (Lipinski definition) is 3. The second-order valence-corrected chi connectivity index (χ2v) is 8.92. The van der Waals surface area contributed by atoms with E-state index in [1.165, 1.54) is 64.6 Å². The Morgan fingerprint density at radius 1 is 1.04 bits per heavy atom. The SMILES string of the molecule is c1ccc2c(c1)[C@H](NC1CCOCC1)CC21CCN(CC2CC2)CC1. The molecule has 3 heteroatoms. The number of nitrogens with one attached hydrogen (secondary N) is 1. The van der Waals surface area contributed by atoms with Crippen LogP contribution in [-0.4, -0.2) is 43.8 Å². The molecule has 2 aliphatic heterocycles. The molecular formula is C22H32N2O. The lowest BCUT2D eigenvalue weighted by Crippen LogP contribution is -2.43. The number of benzene rings is 1. The predicted molar refractivity (Wildman–Crippen MR) is 101 cm³/mol. The summed E-state index contributed by atoms with van der Waals surface area (Å²) in [4.78, 5) is 2.74. The van der Waals surface area contributed by atoms with Gasteiger partial charge < -0.3 is 15.0 Å². The third-order valence-electron chi connectivity index (χ3n) is 7.19. The summed E-state index contributed by atoms with van der Waals surface area (Å²) in [5.41, 5.74) is 3.68. The van der Waals surface area contributed by atoms with E-state index in [0.29, 0.717) is 17.5 Å². The van der Waals surface area contributed by atoms with Crippen LogP contribution in [0.4, 0.5) is 0 Å². The summed E-state index contributed by atoms with van der Waals surface area (Å²) in [6, 6.07) is 10.5. The number of likely N-dealkylation sites (tertiary alicyclic amines) is 1. The van der Waals surface area contributed by atoms with E-state index in [0.717, 1.165) is 19.1 Å². The van der Waals surface area contributed by atoms with Crippen LogP contribution in [0.1, 0.15) is 62.1 Å². The average Bonchev–Trinajstić information content (AvgIpc) is 3.43. The lowest BCUT2D eigenvalue weighted by molar-refractivity contribution is 0.0731. The molecular weight excluding hydrogens is 308 g/mol. The van der Waals surface area contributed by atoms with Crippen molar-refractivity contribution in [1.82, 2.24) is 10.2 Å². The largest absolute Gasteiger partial charge is 0.381 e. The van der Waals surface area contributed by atoms with Crippen molar-refractivity contribution < 1.29 is 4.74 Å². The molecule has 1 aromatic rings. The van der Waals surface area contributed by atoms with Crippen LogP contribution in [0.5, 0.6) is 0 Å². The predicted octanol–water partition coefficient (Wildman–Crippen LogP) is 3.64. The van der Waals surface area contributed by atoms with Crippen molar-refractivity contribution in [2.45, 2.75) is 62.4 Å². The third-order valence-corrected chi connectivity index (χ3v) is 7.19. The maximum atomic E-state index is 5.55. The van der Waals surface area contributed by atoms with E-state index in [-0.39, 0.29) is 0 Å². The van der Waals surface area contributed by atoms with Crippen molar-refractivity contribution in [1.29, 1.82) is 0 Å². The van der Waals surface area contributed by atoms with E-state index in [2.05, 4.69) is 34.5 Å². The maximum absolute atomic E-state index is 5.55. The van der Waals surface area contributed by atoms with Crippen LogP contribution in [0.25, 0.3) is 0 Å². The van der Waals surface area contributed by atoms with Crippen LogP contribution < -0.4 is 5.32 Å². The molecule has 0 aromatic heterocycles. The first-order valence-corrected chi connectivity index (χ1v) is 10.5. The van der Waals surface area contributed by atoms with Gasteiger partial charge in [0, 0.05) is 31.8 Å². The molecule has 1 atom stereocenters.